The lowest BCUT2D eigenvalue weighted by atomic mass is 10.2. The summed E-state index contributed by atoms with van der Waals surface area (Å²) in [7, 11) is 4.12. The lowest BCUT2D eigenvalue weighted by Crippen LogP contribution is -2.25. The molecule has 0 saturated carbocycles. The molecule has 1 amide bonds. The number of nitrogens with zero attached hydrogens (tertiary/aromatic N) is 4. The molecule has 0 aliphatic carbocycles. The first-order chi connectivity index (χ1) is 14.5. The third-order valence-electron chi connectivity index (χ3n) is 5.05. The van der Waals surface area contributed by atoms with Gasteiger partial charge in [-0.1, -0.05) is 38.1 Å². The highest BCUT2D eigenvalue weighted by molar-refractivity contribution is 7.99. The van der Waals surface area contributed by atoms with Gasteiger partial charge in [-0.2, -0.15) is 0 Å². The highest BCUT2D eigenvalue weighted by Crippen LogP contribution is 2.32. The molecule has 1 aliphatic rings. The molecule has 0 fully saturated rings. The molecular weight excluding hydrogens is 402 g/mol. The first-order valence-electron chi connectivity index (χ1n) is 10.4. The van der Waals surface area contributed by atoms with Crippen LogP contribution in [0.5, 0.6) is 11.5 Å². The quantitative estimate of drug-likeness (QED) is 0.545. The Bertz CT molecular complexity index is 855. The van der Waals surface area contributed by atoms with Crippen molar-refractivity contribution in [3.05, 3.63) is 29.6 Å². The summed E-state index contributed by atoms with van der Waals surface area (Å²) in [4.78, 5) is 14.6. The normalized spacial score (nSPS) is 13.6. The van der Waals surface area contributed by atoms with E-state index in [2.05, 4.69) is 52.9 Å². The summed E-state index contributed by atoms with van der Waals surface area (Å²) in [5, 5.41) is 12.6. The number of amides is 1. The molecule has 1 N–H and O–H groups in total. The number of thioether (sulfide) groups is 1. The fourth-order valence-electron chi connectivity index (χ4n) is 3.39. The Labute approximate surface area is 182 Å². The van der Waals surface area contributed by atoms with Gasteiger partial charge in [0.15, 0.2) is 22.5 Å². The zero-order valence-corrected chi connectivity index (χ0v) is 19.0. The number of hydrogen-bond acceptors (Lipinski definition) is 7. The van der Waals surface area contributed by atoms with E-state index < -0.39 is 0 Å². The second kappa shape index (κ2) is 10.7. The SMILES string of the molecule is CCCCn1c(SCC(=O)NCc2ccc3c(c2)OCO3)nnc1[C@H](CC)N(C)C. The summed E-state index contributed by atoms with van der Waals surface area (Å²) in [6.07, 6.45) is 3.10. The minimum absolute atomic E-state index is 0.0380. The number of unbranched alkanes of at least 4 members (excludes halogenated alkanes) is 1. The van der Waals surface area contributed by atoms with Gasteiger partial charge in [-0.25, -0.2) is 0 Å². The lowest BCUT2D eigenvalue weighted by Gasteiger charge is -2.23. The van der Waals surface area contributed by atoms with E-state index in [1.165, 1.54) is 11.8 Å². The molecule has 1 aliphatic heterocycles. The number of ether oxygens (including phenoxy) is 2. The first-order valence-corrected chi connectivity index (χ1v) is 11.4. The number of nitrogens with one attached hydrogen (secondary N) is 1. The van der Waals surface area contributed by atoms with Crippen molar-refractivity contribution in [1.82, 2.24) is 25.0 Å². The van der Waals surface area contributed by atoms with Crippen molar-refractivity contribution in [2.75, 3.05) is 26.6 Å². The maximum absolute atomic E-state index is 12.4. The highest BCUT2D eigenvalue weighted by Gasteiger charge is 2.22. The van der Waals surface area contributed by atoms with Gasteiger partial charge in [0, 0.05) is 13.1 Å². The molecule has 2 aromatic rings. The maximum atomic E-state index is 12.4. The topological polar surface area (TPSA) is 81.5 Å². The molecule has 1 atom stereocenters. The maximum Gasteiger partial charge on any atom is 0.231 e. The van der Waals surface area contributed by atoms with Crippen LogP contribution < -0.4 is 14.8 Å². The van der Waals surface area contributed by atoms with E-state index in [0.717, 1.165) is 53.9 Å². The Hall–Kier alpha value is -2.26. The average molecular weight is 434 g/mol. The van der Waals surface area contributed by atoms with Crippen molar-refractivity contribution in [1.29, 1.82) is 0 Å². The third-order valence-corrected chi connectivity index (χ3v) is 6.01. The fraction of sp³-hybridized carbons (Fsp3) is 0.571. The number of fused-ring (bicyclic) bond motifs is 1. The van der Waals surface area contributed by atoms with E-state index in [1.807, 2.05) is 18.2 Å². The molecule has 9 heteroatoms. The van der Waals surface area contributed by atoms with Gasteiger partial charge in [0.05, 0.1) is 11.8 Å². The van der Waals surface area contributed by atoms with Gasteiger partial charge in [0.1, 0.15) is 0 Å². The van der Waals surface area contributed by atoms with Crippen molar-refractivity contribution < 1.29 is 14.3 Å². The van der Waals surface area contributed by atoms with Crippen LogP contribution in [0.1, 0.15) is 50.5 Å². The van der Waals surface area contributed by atoms with Crippen molar-refractivity contribution in [2.45, 2.75) is 57.4 Å². The predicted octanol–water partition coefficient (Wildman–Crippen LogP) is 3.23. The molecule has 0 unspecified atom stereocenters. The zero-order valence-electron chi connectivity index (χ0n) is 18.2. The van der Waals surface area contributed by atoms with Crippen LogP contribution in [0.3, 0.4) is 0 Å². The Morgan fingerprint density at radius 1 is 1.27 bits per heavy atom. The van der Waals surface area contributed by atoms with Crippen molar-refractivity contribution in [3.8, 4) is 11.5 Å². The summed E-state index contributed by atoms with van der Waals surface area (Å²) in [5.41, 5.74) is 0.975. The Morgan fingerprint density at radius 2 is 2.07 bits per heavy atom. The second-order valence-electron chi connectivity index (χ2n) is 7.49. The van der Waals surface area contributed by atoms with E-state index in [9.17, 15) is 4.79 Å². The van der Waals surface area contributed by atoms with Gasteiger partial charge in [0.25, 0.3) is 0 Å². The zero-order chi connectivity index (χ0) is 21.5. The summed E-state index contributed by atoms with van der Waals surface area (Å²) in [6.45, 7) is 5.88. The number of hydrogen-bond donors (Lipinski definition) is 1. The molecule has 30 heavy (non-hydrogen) atoms. The largest absolute Gasteiger partial charge is 0.454 e. The molecular formula is C21H31N5O3S. The lowest BCUT2D eigenvalue weighted by molar-refractivity contribution is -0.118. The molecule has 3 rings (SSSR count). The minimum Gasteiger partial charge on any atom is -0.454 e. The van der Waals surface area contributed by atoms with Crippen LogP contribution in [0.25, 0.3) is 0 Å². The number of aromatic nitrogens is 3. The molecule has 0 spiro atoms. The van der Waals surface area contributed by atoms with Gasteiger partial charge in [0.2, 0.25) is 12.7 Å². The first kappa shape index (κ1) is 22.4. The summed E-state index contributed by atoms with van der Waals surface area (Å²) in [6, 6.07) is 5.91. The van der Waals surface area contributed by atoms with Crippen molar-refractivity contribution in [2.24, 2.45) is 0 Å². The van der Waals surface area contributed by atoms with E-state index in [0.29, 0.717) is 12.3 Å². The molecule has 0 bridgehead atoms. The van der Waals surface area contributed by atoms with Crippen LogP contribution in [-0.2, 0) is 17.9 Å². The number of benzene rings is 1. The van der Waals surface area contributed by atoms with Gasteiger partial charge < -0.3 is 19.4 Å². The van der Waals surface area contributed by atoms with Gasteiger partial charge in [-0.05, 0) is 44.6 Å². The third kappa shape index (κ3) is 5.46. The molecule has 1 aromatic heterocycles. The number of carbonyl (C=O) groups is 1. The van der Waals surface area contributed by atoms with Crippen LogP contribution >= 0.6 is 11.8 Å². The van der Waals surface area contributed by atoms with Gasteiger partial charge >= 0.3 is 0 Å². The number of carbonyl (C=O) groups excluding carboxylic acids is 1. The van der Waals surface area contributed by atoms with Gasteiger partial charge in [-0.3, -0.25) is 9.69 Å². The van der Waals surface area contributed by atoms with Crippen LogP contribution in [0.4, 0.5) is 0 Å². The monoisotopic (exact) mass is 433 g/mol. The highest BCUT2D eigenvalue weighted by atomic mass is 32.2. The van der Waals surface area contributed by atoms with Crippen molar-refractivity contribution in [3.63, 3.8) is 0 Å². The van der Waals surface area contributed by atoms with E-state index in [4.69, 9.17) is 9.47 Å². The van der Waals surface area contributed by atoms with Crippen LogP contribution in [0.15, 0.2) is 23.4 Å². The molecule has 1 aromatic carbocycles. The van der Waals surface area contributed by atoms with E-state index in [-0.39, 0.29) is 18.7 Å². The van der Waals surface area contributed by atoms with Gasteiger partial charge in [-0.15, -0.1) is 10.2 Å². The molecule has 164 valence electrons. The van der Waals surface area contributed by atoms with E-state index >= 15 is 0 Å². The number of rotatable bonds is 11. The Morgan fingerprint density at radius 3 is 2.80 bits per heavy atom. The van der Waals surface area contributed by atoms with Crippen LogP contribution in [-0.4, -0.2) is 52.2 Å². The Kier molecular flexibility index (Phi) is 7.98. The Balaban J connectivity index is 1.58. The molecule has 8 nitrogen and oxygen atoms in total. The molecule has 0 saturated heterocycles. The van der Waals surface area contributed by atoms with Crippen LogP contribution in [0, 0.1) is 0 Å². The second-order valence-corrected chi connectivity index (χ2v) is 8.43. The molecule has 0 radical (unpaired) electrons. The summed E-state index contributed by atoms with van der Waals surface area (Å²) >= 11 is 1.44. The van der Waals surface area contributed by atoms with Crippen molar-refractivity contribution >= 4 is 17.7 Å². The van der Waals surface area contributed by atoms with Crippen LogP contribution in [0.2, 0.25) is 0 Å². The smallest absolute Gasteiger partial charge is 0.231 e. The summed E-state index contributed by atoms with van der Waals surface area (Å²) in [5.74, 6) is 2.70. The molecule has 2 heterocycles. The summed E-state index contributed by atoms with van der Waals surface area (Å²) < 4.78 is 12.9. The van der Waals surface area contributed by atoms with E-state index in [1.54, 1.807) is 0 Å². The predicted molar refractivity (Wildman–Crippen MR) is 117 cm³/mol. The standard InChI is InChI=1S/C21H31N5O3S/c1-5-7-10-26-20(16(6-2)25(3)4)23-24-21(26)30-13-19(27)22-12-15-8-9-17-18(11-15)29-14-28-17/h8-9,11,16H,5-7,10,12-14H2,1-4H3,(H,22,27)/t16-/m0/s1. The average Bonchev–Trinajstić information content (AvgIpc) is 3.36. The minimum atomic E-state index is -0.0380. The fourth-order valence-corrected chi connectivity index (χ4v) is 4.19.